The van der Waals surface area contributed by atoms with E-state index in [0.717, 1.165) is 4.90 Å². The fraction of sp³-hybridized carbons (Fsp3) is 0.609. The molecule has 0 radical (unpaired) electrons. The molecule has 1 fully saturated rings. The number of nitrogens with zero attached hydrogens (tertiary/aromatic N) is 3. The Bertz CT molecular complexity index is 968. The van der Waals surface area contributed by atoms with Crippen molar-refractivity contribution >= 4 is 43.8 Å². The van der Waals surface area contributed by atoms with Crippen molar-refractivity contribution in [2.24, 2.45) is 5.73 Å². The molecule has 36 heavy (non-hydrogen) atoms. The van der Waals surface area contributed by atoms with E-state index in [2.05, 4.69) is 33.9 Å². The van der Waals surface area contributed by atoms with Gasteiger partial charge in [0.15, 0.2) is 8.32 Å². The number of carbonyl (C=O) groups excluding carboxylic acids is 3. The smallest absolute Gasteiger partial charge is 0.410 e. The number of nitro groups is 1. The maximum absolute atomic E-state index is 13.0. The second kappa shape index (κ2) is 12.1. The van der Waals surface area contributed by atoms with E-state index < -0.39 is 31.3 Å². The molecule has 2 N–H and O–H groups in total. The summed E-state index contributed by atoms with van der Waals surface area (Å²) in [5.41, 5.74) is 5.74. The molecular formula is C23H36N4O7SSi. The van der Waals surface area contributed by atoms with E-state index in [9.17, 15) is 24.5 Å². The molecule has 200 valence electrons. The van der Waals surface area contributed by atoms with Crippen LogP contribution in [0.3, 0.4) is 0 Å². The number of nitro benzene ring substituents is 1. The Kier molecular flexibility index (Phi) is 9.91. The van der Waals surface area contributed by atoms with E-state index in [1.807, 2.05) is 0 Å². The SMILES string of the molecule is CN(C(N)=O)C(=O)CSCC1CC(O[Si](C)(C)C(C)(C)C)CN1C(=O)OCc1ccc([N+](=O)[O-])cc1. The molecule has 13 heteroatoms. The van der Waals surface area contributed by atoms with Gasteiger partial charge in [0.25, 0.3) is 5.69 Å². The molecule has 1 aromatic carbocycles. The van der Waals surface area contributed by atoms with Gasteiger partial charge in [-0.3, -0.25) is 19.8 Å². The minimum atomic E-state index is -2.08. The Balaban J connectivity index is 2.06. The fourth-order valence-corrected chi connectivity index (χ4v) is 5.81. The molecule has 4 amide bonds. The summed E-state index contributed by atoms with van der Waals surface area (Å²) in [6, 6.07) is 4.78. The number of thioether (sulfide) groups is 1. The van der Waals surface area contributed by atoms with Crippen LogP contribution >= 0.6 is 11.8 Å². The number of non-ortho nitro benzene ring substituents is 1. The monoisotopic (exact) mass is 540 g/mol. The molecule has 1 aliphatic heterocycles. The number of primary amides is 1. The maximum Gasteiger partial charge on any atom is 0.410 e. The number of benzene rings is 1. The van der Waals surface area contributed by atoms with Crippen LogP contribution in [0, 0.1) is 10.1 Å². The van der Waals surface area contributed by atoms with Gasteiger partial charge in [-0.15, -0.1) is 11.8 Å². The zero-order valence-corrected chi connectivity index (χ0v) is 23.5. The lowest BCUT2D eigenvalue weighted by Crippen LogP contribution is -2.44. The Morgan fingerprint density at radius 3 is 2.39 bits per heavy atom. The summed E-state index contributed by atoms with van der Waals surface area (Å²) < 4.78 is 12.1. The second-order valence-electron chi connectivity index (χ2n) is 10.3. The van der Waals surface area contributed by atoms with E-state index in [1.165, 1.54) is 30.9 Å². The number of nitrogens with two attached hydrogens (primary N) is 1. The first-order chi connectivity index (χ1) is 16.6. The molecule has 1 heterocycles. The summed E-state index contributed by atoms with van der Waals surface area (Å²) in [4.78, 5) is 49.1. The summed E-state index contributed by atoms with van der Waals surface area (Å²) >= 11 is 1.31. The average Bonchev–Trinajstić information content (AvgIpc) is 3.18. The van der Waals surface area contributed by atoms with Gasteiger partial charge in [0, 0.05) is 37.5 Å². The molecule has 0 aliphatic carbocycles. The molecular weight excluding hydrogens is 504 g/mol. The Morgan fingerprint density at radius 1 is 1.25 bits per heavy atom. The number of imide groups is 1. The van der Waals surface area contributed by atoms with Crippen LogP contribution < -0.4 is 5.73 Å². The van der Waals surface area contributed by atoms with Crippen LogP contribution in [0.1, 0.15) is 32.8 Å². The molecule has 0 saturated carbocycles. The Morgan fingerprint density at radius 2 is 1.86 bits per heavy atom. The molecule has 2 unspecified atom stereocenters. The number of likely N-dealkylation sites (tertiary alicyclic amines) is 1. The highest BCUT2D eigenvalue weighted by molar-refractivity contribution is 8.00. The third kappa shape index (κ3) is 7.93. The van der Waals surface area contributed by atoms with Crippen LogP contribution in [0.5, 0.6) is 0 Å². The van der Waals surface area contributed by atoms with Crippen molar-refractivity contribution in [3.05, 3.63) is 39.9 Å². The minimum Gasteiger partial charge on any atom is -0.445 e. The first-order valence-corrected chi connectivity index (χ1v) is 15.7. The summed E-state index contributed by atoms with van der Waals surface area (Å²) in [5.74, 6) is 0.101. The predicted octanol–water partition coefficient (Wildman–Crippen LogP) is 3.97. The van der Waals surface area contributed by atoms with Gasteiger partial charge in [0.2, 0.25) is 5.91 Å². The third-order valence-electron chi connectivity index (χ3n) is 6.63. The average molecular weight is 541 g/mol. The van der Waals surface area contributed by atoms with Crippen molar-refractivity contribution in [1.82, 2.24) is 9.80 Å². The number of urea groups is 1. The molecule has 0 aromatic heterocycles. The largest absolute Gasteiger partial charge is 0.445 e. The number of amides is 4. The van der Waals surface area contributed by atoms with Crippen LogP contribution in [-0.4, -0.2) is 78.3 Å². The summed E-state index contributed by atoms with van der Waals surface area (Å²) in [6.07, 6.45) is -0.0697. The lowest BCUT2D eigenvalue weighted by molar-refractivity contribution is -0.384. The van der Waals surface area contributed by atoms with Gasteiger partial charge in [-0.25, -0.2) is 9.59 Å². The standard InChI is InChI=1S/C23H36N4O7SSi/c1-23(2,3)36(5,6)34-19-11-18(14-35-15-20(28)25(4)21(24)29)26(12-19)22(30)33-13-16-7-9-17(10-8-16)27(31)32/h7-10,18-19H,11-15H2,1-6H3,(H2,24,29). The highest BCUT2D eigenvalue weighted by atomic mass is 32.2. The van der Waals surface area contributed by atoms with Gasteiger partial charge in [-0.2, -0.15) is 0 Å². The normalized spacial score (nSPS) is 18.1. The van der Waals surface area contributed by atoms with Crippen molar-refractivity contribution in [3.8, 4) is 0 Å². The molecule has 0 spiro atoms. The number of hydrogen-bond donors (Lipinski definition) is 1. The number of ether oxygens (including phenoxy) is 1. The summed E-state index contributed by atoms with van der Waals surface area (Å²) in [7, 11) is -0.754. The van der Waals surface area contributed by atoms with E-state index in [1.54, 1.807) is 17.0 Å². The molecule has 11 nitrogen and oxygen atoms in total. The highest BCUT2D eigenvalue weighted by Gasteiger charge is 2.44. The lowest BCUT2D eigenvalue weighted by atomic mass is 10.2. The van der Waals surface area contributed by atoms with Gasteiger partial charge in [0.1, 0.15) is 6.61 Å². The van der Waals surface area contributed by atoms with E-state index in [-0.39, 0.29) is 35.2 Å². The Labute approximate surface area is 216 Å². The number of rotatable bonds is 9. The molecule has 2 rings (SSSR count). The van der Waals surface area contributed by atoms with Crippen molar-refractivity contribution in [2.45, 2.75) is 64.1 Å². The maximum atomic E-state index is 13.0. The van der Waals surface area contributed by atoms with Gasteiger partial charge in [-0.1, -0.05) is 20.8 Å². The second-order valence-corrected chi connectivity index (χ2v) is 16.1. The van der Waals surface area contributed by atoms with Gasteiger partial charge < -0.3 is 19.8 Å². The van der Waals surface area contributed by atoms with Crippen molar-refractivity contribution in [3.63, 3.8) is 0 Å². The van der Waals surface area contributed by atoms with Crippen LogP contribution in [0.4, 0.5) is 15.3 Å². The molecule has 2 atom stereocenters. The highest BCUT2D eigenvalue weighted by Crippen LogP contribution is 2.39. The minimum absolute atomic E-state index is 0.00681. The predicted molar refractivity (Wildman–Crippen MR) is 140 cm³/mol. The fourth-order valence-electron chi connectivity index (χ4n) is 3.38. The zero-order chi connectivity index (χ0) is 27.3. The van der Waals surface area contributed by atoms with Crippen molar-refractivity contribution in [2.75, 3.05) is 25.1 Å². The molecule has 1 saturated heterocycles. The quantitative estimate of drug-likeness (QED) is 0.281. The third-order valence-corrected chi connectivity index (χ3v) is 12.2. The number of hydrogen-bond acceptors (Lipinski definition) is 8. The van der Waals surface area contributed by atoms with E-state index in [4.69, 9.17) is 14.9 Å². The Hall–Kier alpha value is -2.64. The van der Waals surface area contributed by atoms with Crippen LogP contribution in [0.2, 0.25) is 18.1 Å². The first kappa shape index (κ1) is 29.6. The van der Waals surface area contributed by atoms with Crippen molar-refractivity contribution < 1.29 is 28.5 Å². The first-order valence-electron chi connectivity index (χ1n) is 11.6. The van der Waals surface area contributed by atoms with Crippen LogP contribution in [-0.2, 0) is 20.6 Å². The van der Waals surface area contributed by atoms with E-state index in [0.29, 0.717) is 24.3 Å². The molecule has 0 bridgehead atoms. The summed E-state index contributed by atoms with van der Waals surface area (Å²) in [6.45, 7) is 11.1. The lowest BCUT2D eigenvalue weighted by Gasteiger charge is -2.38. The summed E-state index contributed by atoms with van der Waals surface area (Å²) in [5, 5.41) is 10.8. The van der Waals surface area contributed by atoms with Gasteiger partial charge in [-0.05, 0) is 42.2 Å². The zero-order valence-electron chi connectivity index (χ0n) is 21.7. The molecule has 1 aromatic rings. The van der Waals surface area contributed by atoms with Crippen LogP contribution in [0.25, 0.3) is 0 Å². The van der Waals surface area contributed by atoms with Gasteiger partial charge >= 0.3 is 12.1 Å². The van der Waals surface area contributed by atoms with Crippen molar-refractivity contribution in [1.29, 1.82) is 0 Å². The van der Waals surface area contributed by atoms with Crippen LogP contribution in [0.15, 0.2) is 24.3 Å². The topological polar surface area (TPSA) is 145 Å². The number of carbonyl (C=O) groups is 3. The van der Waals surface area contributed by atoms with Gasteiger partial charge in [0.05, 0.1) is 16.8 Å². The molecule has 1 aliphatic rings. The van der Waals surface area contributed by atoms with E-state index >= 15 is 0 Å².